The molecule has 0 atom stereocenters. The van der Waals surface area contributed by atoms with Crippen LogP contribution in [0.5, 0.6) is 5.75 Å². The molecule has 1 amide bonds. The Hall–Kier alpha value is -3.15. The largest absolute Gasteiger partial charge is 0.497 e. The fourth-order valence-corrected chi connectivity index (χ4v) is 2.28. The van der Waals surface area contributed by atoms with E-state index in [0.29, 0.717) is 29.8 Å². The van der Waals surface area contributed by atoms with E-state index in [9.17, 15) is 14.4 Å². The van der Waals surface area contributed by atoms with Crippen molar-refractivity contribution in [1.29, 1.82) is 0 Å². The van der Waals surface area contributed by atoms with Crippen molar-refractivity contribution in [3.05, 3.63) is 59.7 Å². The molecular formula is C20H21NO5. The van der Waals surface area contributed by atoms with Gasteiger partial charge in [-0.2, -0.15) is 0 Å². The van der Waals surface area contributed by atoms with Crippen LogP contribution in [0.3, 0.4) is 0 Å². The van der Waals surface area contributed by atoms with Gasteiger partial charge in [-0.1, -0.05) is 19.1 Å². The molecule has 6 nitrogen and oxygen atoms in total. The number of hydrogen-bond donors (Lipinski definition) is 1. The van der Waals surface area contributed by atoms with Gasteiger partial charge in [-0.15, -0.1) is 0 Å². The Kier molecular flexibility index (Phi) is 6.91. The van der Waals surface area contributed by atoms with Crippen LogP contribution in [0.4, 0.5) is 5.69 Å². The number of hydrogen-bond acceptors (Lipinski definition) is 5. The lowest BCUT2D eigenvalue weighted by molar-refractivity contribution is -0.116. The maximum atomic E-state index is 12.3. The summed E-state index contributed by atoms with van der Waals surface area (Å²) in [4.78, 5) is 36.2. The van der Waals surface area contributed by atoms with Crippen LogP contribution in [0.2, 0.25) is 0 Å². The molecule has 0 aliphatic heterocycles. The minimum atomic E-state index is -0.667. The van der Waals surface area contributed by atoms with Crippen molar-refractivity contribution in [2.24, 2.45) is 0 Å². The number of benzene rings is 2. The molecule has 0 unspecified atom stereocenters. The first-order valence-corrected chi connectivity index (χ1v) is 8.28. The molecule has 0 radical (unpaired) electrons. The highest BCUT2D eigenvalue weighted by atomic mass is 16.5. The molecule has 1 N–H and O–H groups in total. The molecule has 26 heavy (non-hydrogen) atoms. The number of Topliss-reactive ketones (excluding diaryl/α,β-unsaturated/α-hetero) is 1. The van der Waals surface area contributed by atoms with E-state index in [4.69, 9.17) is 9.47 Å². The summed E-state index contributed by atoms with van der Waals surface area (Å²) in [6.07, 6.45) is 1.06. The molecular weight excluding hydrogens is 334 g/mol. The van der Waals surface area contributed by atoms with Gasteiger partial charge in [0, 0.05) is 12.0 Å². The summed E-state index contributed by atoms with van der Waals surface area (Å²) >= 11 is 0. The summed E-state index contributed by atoms with van der Waals surface area (Å²) in [5.74, 6) is -0.537. The summed E-state index contributed by atoms with van der Waals surface area (Å²) in [7, 11) is 1.54. The average molecular weight is 355 g/mol. The van der Waals surface area contributed by atoms with E-state index in [1.54, 1.807) is 48.5 Å². The van der Waals surface area contributed by atoms with Crippen molar-refractivity contribution in [2.75, 3.05) is 19.0 Å². The lowest BCUT2D eigenvalue weighted by atomic mass is 10.1. The molecule has 6 heteroatoms. The number of rotatable bonds is 8. The van der Waals surface area contributed by atoms with Crippen molar-refractivity contribution >= 4 is 23.3 Å². The van der Waals surface area contributed by atoms with Gasteiger partial charge in [0.1, 0.15) is 5.75 Å². The lowest BCUT2D eigenvalue weighted by Crippen LogP contribution is -2.17. The Morgan fingerprint density at radius 3 is 2.35 bits per heavy atom. The normalized spacial score (nSPS) is 10.1. The Balaban J connectivity index is 2.01. The summed E-state index contributed by atoms with van der Waals surface area (Å²) in [6, 6.07) is 13.1. The summed E-state index contributed by atoms with van der Waals surface area (Å²) < 4.78 is 10.1. The summed E-state index contributed by atoms with van der Waals surface area (Å²) in [6.45, 7) is 1.51. The number of para-hydroxylation sites is 1. The van der Waals surface area contributed by atoms with Gasteiger partial charge in [0.25, 0.3) is 0 Å². The molecule has 2 aromatic carbocycles. The second-order valence-corrected chi connectivity index (χ2v) is 5.57. The summed E-state index contributed by atoms with van der Waals surface area (Å²) in [5.41, 5.74) is 0.996. The number of ketones is 1. The van der Waals surface area contributed by atoms with Crippen molar-refractivity contribution < 1.29 is 23.9 Å². The second kappa shape index (κ2) is 9.36. The fourth-order valence-electron chi connectivity index (χ4n) is 2.28. The third-order valence-corrected chi connectivity index (χ3v) is 3.64. The zero-order valence-corrected chi connectivity index (χ0v) is 14.8. The van der Waals surface area contributed by atoms with E-state index in [0.717, 1.165) is 0 Å². The van der Waals surface area contributed by atoms with Gasteiger partial charge >= 0.3 is 5.97 Å². The van der Waals surface area contributed by atoms with Crippen LogP contribution in [-0.2, 0) is 9.53 Å². The monoisotopic (exact) mass is 355 g/mol. The summed E-state index contributed by atoms with van der Waals surface area (Å²) in [5, 5.41) is 2.69. The highest BCUT2D eigenvalue weighted by molar-refractivity contribution is 6.03. The topological polar surface area (TPSA) is 81.7 Å². The van der Waals surface area contributed by atoms with Crippen molar-refractivity contribution in [2.45, 2.75) is 19.8 Å². The number of anilines is 1. The Labute approximate surface area is 152 Å². The number of methoxy groups -OCH3 is 1. The smallest absolute Gasteiger partial charge is 0.340 e. The quantitative estimate of drug-likeness (QED) is 0.579. The maximum absolute atomic E-state index is 12.3. The third kappa shape index (κ3) is 5.17. The van der Waals surface area contributed by atoms with Crippen LogP contribution in [0.25, 0.3) is 0 Å². The molecule has 0 saturated heterocycles. The molecule has 0 saturated carbocycles. The number of nitrogens with one attached hydrogen (secondary N) is 1. The van der Waals surface area contributed by atoms with Crippen LogP contribution in [-0.4, -0.2) is 31.4 Å². The van der Waals surface area contributed by atoms with Gasteiger partial charge in [-0.25, -0.2) is 4.79 Å². The first-order valence-electron chi connectivity index (χ1n) is 8.28. The molecule has 0 fully saturated rings. The van der Waals surface area contributed by atoms with E-state index in [-0.39, 0.29) is 23.9 Å². The molecule has 0 bridgehead atoms. The first-order chi connectivity index (χ1) is 12.5. The van der Waals surface area contributed by atoms with Gasteiger partial charge < -0.3 is 14.8 Å². The molecule has 0 heterocycles. The van der Waals surface area contributed by atoms with Crippen molar-refractivity contribution in [1.82, 2.24) is 0 Å². The predicted octanol–water partition coefficient (Wildman–Crippen LogP) is 3.47. The van der Waals surface area contributed by atoms with E-state index >= 15 is 0 Å². The van der Waals surface area contributed by atoms with E-state index in [2.05, 4.69) is 5.32 Å². The molecule has 2 aromatic rings. The Morgan fingerprint density at radius 2 is 1.69 bits per heavy atom. The second-order valence-electron chi connectivity index (χ2n) is 5.57. The standard InChI is InChI=1S/C20H21NO5/c1-3-6-19(23)21-17-8-5-4-7-16(17)20(24)26-13-18(22)14-9-11-15(25-2)12-10-14/h4-5,7-12H,3,6,13H2,1-2H3,(H,21,23). The minimum Gasteiger partial charge on any atom is -0.497 e. The van der Waals surface area contributed by atoms with Gasteiger partial charge in [0.2, 0.25) is 5.91 Å². The Bertz CT molecular complexity index is 783. The first kappa shape index (κ1) is 19.2. The SMILES string of the molecule is CCCC(=O)Nc1ccccc1C(=O)OCC(=O)c1ccc(OC)cc1. The number of ether oxygens (including phenoxy) is 2. The van der Waals surface area contributed by atoms with Crippen LogP contribution < -0.4 is 10.1 Å². The fraction of sp³-hybridized carbons (Fsp3) is 0.250. The average Bonchev–Trinajstić information content (AvgIpc) is 2.66. The molecule has 0 aliphatic carbocycles. The number of esters is 1. The Morgan fingerprint density at radius 1 is 1.00 bits per heavy atom. The molecule has 0 spiro atoms. The molecule has 0 aliphatic rings. The van der Waals surface area contributed by atoms with Crippen LogP contribution in [0.1, 0.15) is 40.5 Å². The molecule has 136 valence electrons. The van der Waals surface area contributed by atoms with Crippen molar-refractivity contribution in [3.8, 4) is 5.75 Å². The van der Waals surface area contributed by atoms with Gasteiger partial charge in [-0.05, 0) is 42.8 Å². The number of carbonyl (C=O) groups excluding carboxylic acids is 3. The predicted molar refractivity (Wildman–Crippen MR) is 97.6 cm³/mol. The molecule has 0 aromatic heterocycles. The van der Waals surface area contributed by atoms with Gasteiger partial charge in [0.15, 0.2) is 12.4 Å². The zero-order chi connectivity index (χ0) is 18.9. The number of carbonyl (C=O) groups is 3. The maximum Gasteiger partial charge on any atom is 0.340 e. The van der Waals surface area contributed by atoms with Crippen LogP contribution >= 0.6 is 0 Å². The van der Waals surface area contributed by atoms with Gasteiger partial charge in [-0.3, -0.25) is 9.59 Å². The van der Waals surface area contributed by atoms with Crippen molar-refractivity contribution in [3.63, 3.8) is 0 Å². The van der Waals surface area contributed by atoms with Crippen LogP contribution in [0, 0.1) is 0 Å². The molecule has 2 rings (SSSR count). The highest BCUT2D eigenvalue weighted by Crippen LogP contribution is 2.17. The van der Waals surface area contributed by atoms with Gasteiger partial charge in [0.05, 0.1) is 18.4 Å². The lowest BCUT2D eigenvalue weighted by Gasteiger charge is -2.10. The third-order valence-electron chi connectivity index (χ3n) is 3.64. The zero-order valence-electron chi connectivity index (χ0n) is 14.8. The van der Waals surface area contributed by atoms with E-state index < -0.39 is 5.97 Å². The van der Waals surface area contributed by atoms with Crippen LogP contribution in [0.15, 0.2) is 48.5 Å². The number of amides is 1. The minimum absolute atomic E-state index is 0.179. The van der Waals surface area contributed by atoms with E-state index in [1.165, 1.54) is 7.11 Å². The van der Waals surface area contributed by atoms with E-state index in [1.807, 2.05) is 6.92 Å². The highest BCUT2D eigenvalue weighted by Gasteiger charge is 2.16.